The summed E-state index contributed by atoms with van der Waals surface area (Å²) in [6.45, 7) is 2.90. The van der Waals surface area contributed by atoms with Crippen molar-refractivity contribution in [3.8, 4) is 5.75 Å². The number of unbranched alkanes of at least 4 members (excludes halogenated alkanes) is 3. The van der Waals surface area contributed by atoms with E-state index in [1.54, 1.807) is 6.21 Å². The van der Waals surface area contributed by atoms with E-state index in [-0.39, 0.29) is 5.69 Å². The van der Waals surface area contributed by atoms with Crippen LogP contribution in [0.5, 0.6) is 5.75 Å². The van der Waals surface area contributed by atoms with Crippen molar-refractivity contribution in [2.45, 2.75) is 32.6 Å². The zero-order chi connectivity index (χ0) is 17.2. The standard InChI is InChI=1S/C19H22F2N2O/c1-2-3-4-5-12-24-17-9-6-15(7-10-17)14-22-23-19-11-8-16(20)13-18(19)21/h6-11,13-14,23H,2-5,12H2,1H3/b22-14-. The van der Waals surface area contributed by atoms with Crippen molar-refractivity contribution in [1.29, 1.82) is 0 Å². The molecule has 0 aromatic heterocycles. The van der Waals surface area contributed by atoms with Crippen LogP contribution in [0.4, 0.5) is 14.5 Å². The van der Waals surface area contributed by atoms with Crippen molar-refractivity contribution in [3.05, 3.63) is 59.7 Å². The van der Waals surface area contributed by atoms with Gasteiger partial charge in [0.1, 0.15) is 11.6 Å². The Balaban J connectivity index is 1.80. The Hall–Kier alpha value is -2.43. The van der Waals surface area contributed by atoms with Gasteiger partial charge in [-0.25, -0.2) is 8.78 Å². The summed E-state index contributed by atoms with van der Waals surface area (Å²) < 4.78 is 31.9. The van der Waals surface area contributed by atoms with Crippen LogP contribution in [-0.2, 0) is 0 Å². The van der Waals surface area contributed by atoms with Gasteiger partial charge in [0.15, 0.2) is 5.82 Å². The van der Waals surface area contributed by atoms with E-state index < -0.39 is 11.6 Å². The van der Waals surface area contributed by atoms with Gasteiger partial charge in [0.05, 0.1) is 18.5 Å². The number of ether oxygens (including phenoxy) is 1. The van der Waals surface area contributed by atoms with Crippen LogP contribution >= 0.6 is 0 Å². The van der Waals surface area contributed by atoms with Crippen molar-refractivity contribution in [1.82, 2.24) is 0 Å². The van der Waals surface area contributed by atoms with Gasteiger partial charge in [0.25, 0.3) is 0 Å². The smallest absolute Gasteiger partial charge is 0.151 e. The monoisotopic (exact) mass is 332 g/mol. The molecule has 0 bridgehead atoms. The summed E-state index contributed by atoms with van der Waals surface area (Å²) in [5.41, 5.74) is 3.53. The van der Waals surface area contributed by atoms with E-state index in [9.17, 15) is 8.78 Å². The first-order valence-electron chi connectivity index (χ1n) is 8.16. The molecular weight excluding hydrogens is 310 g/mol. The van der Waals surface area contributed by atoms with E-state index in [1.807, 2.05) is 24.3 Å². The van der Waals surface area contributed by atoms with Crippen molar-refractivity contribution in [3.63, 3.8) is 0 Å². The maximum absolute atomic E-state index is 13.4. The van der Waals surface area contributed by atoms with Crippen LogP contribution in [0.15, 0.2) is 47.6 Å². The summed E-state index contributed by atoms with van der Waals surface area (Å²) in [6, 6.07) is 10.8. The third kappa shape index (κ3) is 5.99. The number of hydrazone groups is 1. The SMILES string of the molecule is CCCCCCOc1ccc(/C=N\Nc2ccc(F)cc2F)cc1. The van der Waals surface area contributed by atoms with Gasteiger partial charge >= 0.3 is 0 Å². The lowest BCUT2D eigenvalue weighted by Crippen LogP contribution is -1.97. The van der Waals surface area contributed by atoms with E-state index in [2.05, 4.69) is 17.5 Å². The maximum atomic E-state index is 13.4. The molecule has 2 rings (SSSR count). The van der Waals surface area contributed by atoms with Crippen LogP contribution in [0.1, 0.15) is 38.2 Å². The van der Waals surface area contributed by atoms with Crippen LogP contribution in [-0.4, -0.2) is 12.8 Å². The van der Waals surface area contributed by atoms with E-state index >= 15 is 0 Å². The highest BCUT2D eigenvalue weighted by atomic mass is 19.1. The fourth-order valence-electron chi connectivity index (χ4n) is 2.13. The van der Waals surface area contributed by atoms with Gasteiger partial charge in [-0.1, -0.05) is 26.2 Å². The minimum Gasteiger partial charge on any atom is -0.494 e. The molecule has 0 unspecified atom stereocenters. The maximum Gasteiger partial charge on any atom is 0.151 e. The molecule has 24 heavy (non-hydrogen) atoms. The Bertz CT molecular complexity index is 657. The molecule has 3 nitrogen and oxygen atoms in total. The molecule has 2 aromatic carbocycles. The quantitative estimate of drug-likeness (QED) is 0.380. The number of hydrogen-bond donors (Lipinski definition) is 1. The summed E-state index contributed by atoms with van der Waals surface area (Å²) in [4.78, 5) is 0. The molecule has 0 heterocycles. The van der Waals surface area contributed by atoms with Crippen LogP contribution in [0.25, 0.3) is 0 Å². The average molecular weight is 332 g/mol. The zero-order valence-electron chi connectivity index (χ0n) is 13.8. The first-order valence-corrected chi connectivity index (χ1v) is 8.16. The second kappa shape index (κ2) is 9.65. The molecule has 0 fully saturated rings. The summed E-state index contributed by atoms with van der Waals surface area (Å²) in [6.07, 6.45) is 6.26. The topological polar surface area (TPSA) is 33.6 Å². The molecule has 0 atom stereocenters. The minimum absolute atomic E-state index is 0.125. The number of anilines is 1. The second-order valence-electron chi connectivity index (χ2n) is 5.47. The van der Waals surface area contributed by atoms with E-state index in [4.69, 9.17) is 4.74 Å². The molecule has 1 N–H and O–H groups in total. The Kier molecular flexibility index (Phi) is 7.21. The highest BCUT2D eigenvalue weighted by Gasteiger charge is 2.01. The number of halogens is 2. The van der Waals surface area contributed by atoms with E-state index in [1.165, 1.54) is 31.4 Å². The molecule has 0 aliphatic carbocycles. The highest BCUT2D eigenvalue weighted by Crippen LogP contribution is 2.15. The Labute approximate surface area is 141 Å². The van der Waals surface area contributed by atoms with Crippen molar-refractivity contribution in [2.24, 2.45) is 5.10 Å². The average Bonchev–Trinajstić information content (AvgIpc) is 2.58. The largest absolute Gasteiger partial charge is 0.494 e. The molecule has 0 spiro atoms. The molecule has 5 heteroatoms. The predicted octanol–water partition coefficient (Wildman–Crippen LogP) is 5.37. The third-order valence-corrected chi connectivity index (χ3v) is 3.48. The van der Waals surface area contributed by atoms with Gasteiger partial charge in [-0.2, -0.15) is 5.10 Å². The normalized spacial score (nSPS) is 11.0. The van der Waals surface area contributed by atoms with E-state index in [0.717, 1.165) is 30.4 Å². The van der Waals surface area contributed by atoms with Crippen LogP contribution < -0.4 is 10.2 Å². The first kappa shape index (κ1) is 17.9. The van der Waals surface area contributed by atoms with Gasteiger partial charge in [0.2, 0.25) is 0 Å². The van der Waals surface area contributed by atoms with Gasteiger partial charge in [-0.05, 0) is 48.4 Å². The number of benzene rings is 2. The summed E-state index contributed by atoms with van der Waals surface area (Å²) >= 11 is 0. The van der Waals surface area contributed by atoms with Gasteiger partial charge in [0, 0.05) is 6.07 Å². The van der Waals surface area contributed by atoms with Gasteiger partial charge in [-0.15, -0.1) is 0 Å². The molecule has 0 aliphatic heterocycles. The predicted molar refractivity (Wildman–Crippen MR) is 93.7 cm³/mol. The highest BCUT2D eigenvalue weighted by molar-refractivity contribution is 5.80. The third-order valence-electron chi connectivity index (χ3n) is 3.48. The number of nitrogens with one attached hydrogen (secondary N) is 1. The number of rotatable bonds is 9. The van der Waals surface area contributed by atoms with Crippen LogP contribution in [0.3, 0.4) is 0 Å². The van der Waals surface area contributed by atoms with E-state index in [0.29, 0.717) is 0 Å². The number of hydrogen-bond acceptors (Lipinski definition) is 3. The second-order valence-corrected chi connectivity index (χ2v) is 5.47. The zero-order valence-corrected chi connectivity index (χ0v) is 13.8. The molecule has 0 amide bonds. The van der Waals surface area contributed by atoms with Gasteiger partial charge < -0.3 is 4.74 Å². The molecule has 0 aliphatic rings. The summed E-state index contributed by atoms with van der Waals surface area (Å²) in [5, 5.41) is 3.95. The minimum atomic E-state index is -0.682. The molecule has 0 saturated heterocycles. The lowest BCUT2D eigenvalue weighted by molar-refractivity contribution is 0.305. The lowest BCUT2D eigenvalue weighted by atomic mass is 10.2. The van der Waals surface area contributed by atoms with Crippen LogP contribution in [0, 0.1) is 11.6 Å². The fraction of sp³-hybridized carbons (Fsp3) is 0.316. The molecule has 0 radical (unpaired) electrons. The first-order chi connectivity index (χ1) is 11.7. The molecule has 0 saturated carbocycles. The molecule has 2 aromatic rings. The summed E-state index contributed by atoms with van der Waals surface area (Å²) in [5.74, 6) is -0.479. The van der Waals surface area contributed by atoms with Gasteiger partial charge in [-0.3, -0.25) is 5.43 Å². The molecule has 128 valence electrons. The van der Waals surface area contributed by atoms with Crippen molar-refractivity contribution < 1.29 is 13.5 Å². The Morgan fingerprint density at radius 1 is 1.04 bits per heavy atom. The molecular formula is C19H22F2N2O. The van der Waals surface area contributed by atoms with Crippen molar-refractivity contribution in [2.75, 3.05) is 12.0 Å². The van der Waals surface area contributed by atoms with Crippen LogP contribution in [0.2, 0.25) is 0 Å². The Morgan fingerprint density at radius 3 is 2.54 bits per heavy atom. The fourth-order valence-corrected chi connectivity index (χ4v) is 2.13. The lowest BCUT2D eigenvalue weighted by Gasteiger charge is -2.06. The van der Waals surface area contributed by atoms with Crippen molar-refractivity contribution >= 4 is 11.9 Å². The Morgan fingerprint density at radius 2 is 1.83 bits per heavy atom. The number of nitrogens with zero attached hydrogens (tertiary/aromatic N) is 1. The summed E-state index contributed by atoms with van der Waals surface area (Å²) in [7, 11) is 0.